The van der Waals surface area contributed by atoms with E-state index in [0.717, 1.165) is 4.88 Å². The van der Waals surface area contributed by atoms with Gasteiger partial charge in [0.05, 0.1) is 19.3 Å². The Kier molecular flexibility index (Phi) is 3.18. The first-order valence-corrected chi connectivity index (χ1v) is 5.55. The van der Waals surface area contributed by atoms with E-state index >= 15 is 0 Å². The van der Waals surface area contributed by atoms with Gasteiger partial charge in [-0.2, -0.15) is 0 Å². The summed E-state index contributed by atoms with van der Waals surface area (Å²) in [4.78, 5) is 2.20. The molecule has 0 aromatic carbocycles. The number of thiophene rings is 1. The van der Waals surface area contributed by atoms with Crippen molar-refractivity contribution in [3.63, 3.8) is 0 Å². The van der Waals surface area contributed by atoms with E-state index < -0.39 is 6.10 Å². The zero-order valence-corrected chi connectivity index (χ0v) is 8.92. The molecule has 3 nitrogen and oxygen atoms in total. The van der Waals surface area contributed by atoms with Crippen molar-refractivity contribution in [2.45, 2.75) is 25.7 Å². The molecule has 14 heavy (non-hydrogen) atoms. The highest BCUT2D eigenvalue weighted by molar-refractivity contribution is 7.11. The molecule has 0 radical (unpaired) electrons. The minimum Gasteiger partial charge on any atom is -0.387 e. The van der Waals surface area contributed by atoms with E-state index in [1.54, 1.807) is 11.3 Å². The van der Waals surface area contributed by atoms with Gasteiger partial charge in [0, 0.05) is 16.2 Å². The molecule has 2 heterocycles. The van der Waals surface area contributed by atoms with Crippen LogP contribution in [0.4, 0.5) is 0 Å². The van der Waals surface area contributed by atoms with E-state index in [1.165, 1.54) is 4.88 Å². The van der Waals surface area contributed by atoms with Crippen LogP contribution in [0.5, 0.6) is 0 Å². The van der Waals surface area contributed by atoms with Gasteiger partial charge in [0.15, 0.2) is 6.29 Å². The molecule has 0 saturated carbocycles. The lowest BCUT2D eigenvalue weighted by molar-refractivity contribution is -0.0702. The van der Waals surface area contributed by atoms with Crippen LogP contribution in [0.3, 0.4) is 0 Å². The fourth-order valence-corrected chi connectivity index (χ4v) is 2.35. The molecule has 4 heteroatoms. The Morgan fingerprint density at radius 2 is 2.21 bits per heavy atom. The maximum atomic E-state index is 9.84. The molecule has 2 rings (SSSR count). The fourth-order valence-electron chi connectivity index (χ4n) is 1.47. The van der Waals surface area contributed by atoms with Crippen molar-refractivity contribution in [1.82, 2.24) is 0 Å². The van der Waals surface area contributed by atoms with E-state index in [-0.39, 0.29) is 6.29 Å². The van der Waals surface area contributed by atoms with Crippen LogP contribution in [-0.4, -0.2) is 24.6 Å². The highest BCUT2D eigenvalue weighted by Gasteiger charge is 2.21. The summed E-state index contributed by atoms with van der Waals surface area (Å²) in [5, 5.41) is 9.84. The lowest BCUT2D eigenvalue weighted by atomic mass is 10.2. The molecular formula is C10H14O3S. The van der Waals surface area contributed by atoms with E-state index in [9.17, 15) is 5.11 Å². The molecule has 1 unspecified atom stereocenters. The Labute approximate surface area is 87.3 Å². The summed E-state index contributed by atoms with van der Waals surface area (Å²) < 4.78 is 10.5. The van der Waals surface area contributed by atoms with Gasteiger partial charge in [-0.05, 0) is 19.1 Å². The number of rotatable bonds is 3. The molecule has 1 aliphatic rings. The van der Waals surface area contributed by atoms with Crippen molar-refractivity contribution in [3.8, 4) is 0 Å². The van der Waals surface area contributed by atoms with Crippen LogP contribution in [0, 0.1) is 6.92 Å². The van der Waals surface area contributed by atoms with Gasteiger partial charge in [0.1, 0.15) is 0 Å². The van der Waals surface area contributed by atoms with Gasteiger partial charge in [-0.15, -0.1) is 11.3 Å². The quantitative estimate of drug-likeness (QED) is 0.834. The van der Waals surface area contributed by atoms with Gasteiger partial charge < -0.3 is 14.6 Å². The zero-order valence-electron chi connectivity index (χ0n) is 8.10. The SMILES string of the molecule is Cc1ccc(C(O)CC2OCCO2)s1. The molecule has 1 saturated heterocycles. The molecule has 0 amide bonds. The van der Waals surface area contributed by atoms with Gasteiger partial charge in [0.25, 0.3) is 0 Å². The summed E-state index contributed by atoms with van der Waals surface area (Å²) in [5.74, 6) is 0. The molecule has 1 N–H and O–H groups in total. The molecule has 1 fully saturated rings. The average Bonchev–Trinajstić information content (AvgIpc) is 2.75. The zero-order chi connectivity index (χ0) is 9.97. The third kappa shape index (κ3) is 2.33. The molecule has 1 aliphatic heterocycles. The van der Waals surface area contributed by atoms with Crippen molar-refractivity contribution < 1.29 is 14.6 Å². The topological polar surface area (TPSA) is 38.7 Å². The van der Waals surface area contributed by atoms with Crippen molar-refractivity contribution in [3.05, 3.63) is 21.9 Å². The van der Waals surface area contributed by atoms with Crippen LogP contribution >= 0.6 is 11.3 Å². The second-order valence-corrected chi connectivity index (χ2v) is 4.69. The Hall–Kier alpha value is -0.420. The number of hydrogen-bond donors (Lipinski definition) is 1. The van der Waals surface area contributed by atoms with Crippen LogP contribution in [-0.2, 0) is 9.47 Å². The lowest BCUT2D eigenvalue weighted by Gasteiger charge is -2.13. The number of aliphatic hydroxyl groups excluding tert-OH is 1. The predicted octanol–water partition coefficient (Wildman–Crippen LogP) is 1.85. The third-order valence-electron chi connectivity index (χ3n) is 2.20. The molecular weight excluding hydrogens is 200 g/mol. The predicted molar refractivity (Wildman–Crippen MR) is 54.3 cm³/mol. The first kappa shape index (κ1) is 10.1. The maximum Gasteiger partial charge on any atom is 0.160 e. The van der Waals surface area contributed by atoms with Gasteiger partial charge >= 0.3 is 0 Å². The Morgan fingerprint density at radius 1 is 1.50 bits per heavy atom. The van der Waals surface area contributed by atoms with Gasteiger partial charge in [0.2, 0.25) is 0 Å². The van der Waals surface area contributed by atoms with Crippen LogP contribution < -0.4 is 0 Å². The Bertz CT molecular complexity index is 291. The van der Waals surface area contributed by atoms with Gasteiger partial charge in [-0.1, -0.05) is 0 Å². The van der Waals surface area contributed by atoms with Crippen LogP contribution in [0.2, 0.25) is 0 Å². The monoisotopic (exact) mass is 214 g/mol. The first-order valence-electron chi connectivity index (χ1n) is 4.73. The number of hydrogen-bond acceptors (Lipinski definition) is 4. The summed E-state index contributed by atoms with van der Waals surface area (Å²) in [7, 11) is 0. The Balaban J connectivity index is 1.91. The maximum absolute atomic E-state index is 9.84. The van der Waals surface area contributed by atoms with E-state index in [2.05, 4.69) is 0 Å². The molecule has 1 aromatic rings. The molecule has 0 aliphatic carbocycles. The van der Waals surface area contributed by atoms with E-state index in [0.29, 0.717) is 19.6 Å². The summed E-state index contributed by atoms with van der Waals surface area (Å²) in [6.45, 7) is 3.31. The summed E-state index contributed by atoms with van der Waals surface area (Å²) in [6.07, 6.45) is -0.163. The minimum absolute atomic E-state index is 0.229. The van der Waals surface area contributed by atoms with E-state index in [1.807, 2.05) is 19.1 Å². The second-order valence-electron chi connectivity index (χ2n) is 3.37. The highest BCUT2D eigenvalue weighted by atomic mass is 32.1. The average molecular weight is 214 g/mol. The van der Waals surface area contributed by atoms with Gasteiger partial charge in [-0.3, -0.25) is 0 Å². The van der Waals surface area contributed by atoms with E-state index in [4.69, 9.17) is 9.47 Å². The molecule has 78 valence electrons. The number of aliphatic hydroxyl groups is 1. The number of aryl methyl sites for hydroxylation is 1. The molecule has 1 aromatic heterocycles. The Morgan fingerprint density at radius 3 is 2.79 bits per heavy atom. The molecule has 0 spiro atoms. The largest absolute Gasteiger partial charge is 0.387 e. The van der Waals surface area contributed by atoms with Crippen LogP contribution in [0.15, 0.2) is 12.1 Å². The van der Waals surface area contributed by atoms with Crippen molar-refractivity contribution in [2.24, 2.45) is 0 Å². The fraction of sp³-hybridized carbons (Fsp3) is 0.600. The van der Waals surface area contributed by atoms with Crippen molar-refractivity contribution in [1.29, 1.82) is 0 Å². The normalized spacial score (nSPS) is 20.1. The first-order chi connectivity index (χ1) is 6.75. The summed E-state index contributed by atoms with van der Waals surface area (Å²) in [5.41, 5.74) is 0. The number of ether oxygens (including phenoxy) is 2. The third-order valence-corrected chi connectivity index (χ3v) is 3.30. The molecule has 1 atom stereocenters. The van der Waals surface area contributed by atoms with Crippen molar-refractivity contribution in [2.75, 3.05) is 13.2 Å². The lowest BCUT2D eigenvalue weighted by Crippen LogP contribution is -2.12. The molecule has 0 bridgehead atoms. The van der Waals surface area contributed by atoms with Crippen LogP contribution in [0.25, 0.3) is 0 Å². The van der Waals surface area contributed by atoms with Gasteiger partial charge in [-0.25, -0.2) is 0 Å². The second kappa shape index (κ2) is 4.40. The summed E-state index contributed by atoms with van der Waals surface area (Å²) >= 11 is 1.62. The standard InChI is InChI=1S/C10H14O3S/c1-7-2-3-9(14-7)8(11)6-10-12-4-5-13-10/h2-3,8,10-11H,4-6H2,1H3. The van der Waals surface area contributed by atoms with Crippen molar-refractivity contribution >= 4 is 11.3 Å². The highest BCUT2D eigenvalue weighted by Crippen LogP contribution is 2.27. The summed E-state index contributed by atoms with van der Waals surface area (Å²) in [6, 6.07) is 3.97. The minimum atomic E-state index is -0.461. The smallest absolute Gasteiger partial charge is 0.160 e. The van der Waals surface area contributed by atoms with Crippen LogP contribution in [0.1, 0.15) is 22.3 Å².